The van der Waals surface area contributed by atoms with E-state index in [1.807, 2.05) is 12.3 Å². The molecule has 0 bridgehead atoms. The van der Waals surface area contributed by atoms with Crippen LogP contribution in [0.1, 0.15) is 0 Å². The lowest BCUT2D eigenvalue weighted by molar-refractivity contribution is 1.35. The van der Waals surface area contributed by atoms with Gasteiger partial charge in [0.25, 0.3) is 0 Å². The number of aromatic nitrogens is 2. The second kappa shape index (κ2) is 2.83. The van der Waals surface area contributed by atoms with Crippen molar-refractivity contribution in [3.05, 3.63) is 41.9 Å². The molecule has 0 aliphatic rings. The van der Waals surface area contributed by atoms with Gasteiger partial charge >= 0.3 is 0 Å². The molecule has 3 aromatic heterocycles. The fourth-order valence-corrected chi connectivity index (χ4v) is 3.20. The van der Waals surface area contributed by atoms with Gasteiger partial charge in [-0.2, -0.15) is 0 Å². The van der Waals surface area contributed by atoms with Crippen molar-refractivity contribution < 1.29 is 0 Å². The van der Waals surface area contributed by atoms with E-state index in [9.17, 15) is 0 Å². The van der Waals surface area contributed by atoms with Gasteiger partial charge in [-0.15, -0.1) is 11.3 Å². The molecular weight excluding hydrogens is 216 g/mol. The Labute approximate surface area is 95.5 Å². The van der Waals surface area contributed by atoms with E-state index in [1.165, 1.54) is 26.4 Å². The Morgan fingerprint density at radius 3 is 3.12 bits per heavy atom. The van der Waals surface area contributed by atoms with Crippen LogP contribution in [0, 0.1) is 0 Å². The number of rotatable bonds is 0. The van der Waals surface area contributed by atoms with Crippen molar-refractivity contribution in [1.82, 2.24) is 9.97 Å². The fraction of sp³-hybridized carbons (Fsp3) is 0. The van der Waals surface area contributed by atoms with Gasteiger partial charge in [-0.3, -0.25) is 0 Å². The molecule has 2 nitrogen and oxygen atoms in total. The summed E-state index contributed by atoms with van der Waals surface area (Å²) in [5.41, 5.74) is 2.14. The first kappa shape index (κ1) is 8.30. The maximum Gasteiger partial charge on any atom is 0.138 e. The molecule has 0 radical (unpaired) electrons. The summed E-state index contributed by atoms with van der Waals surface area (Å²) in [5, 5.41) is 5.96. The Morgan fingerprint density at radius 1 is 1.12 bits per heavy atom. The van der Waals surface area contributed by atoms with Gasteiger partial charge in [0, 0.05) is 27.2 Å². The summed E-state index contributed by atoms with van der Waals surface area (Å²) in [5.74, 6) is 0. The molecule has 0 aliphatic carbocycles. The molecule has 0 saturated carbocycles. The first-order chi connectivity index (χ1) is 7.93. The average molecular weight is 224 g/mol. The third-order valence-corrected chi connectivity index (χ3v) is 3.90. The van der Waals surface area contributed by atoms with E-state index in [2.05, 4.69) is 39.6 Å². The number of nitrogens with one attached hydrogen (secondary N) is 1. The molecule has 76 valence electrons. The maximum atomic E-state index is 4.36. The summed E-state index contributed by atoms with van der Waals surface area (Å²) < 4.78 is 1.34. The predicted octanol–water partition coefficient (Wildman–Crippen LogP) is 3.93. The van der Waals surface area contributed by atoms with E-state index in [0.717, 1.165) is 5.65 Å². The molecule has 1 aromatic carbocycles. The van der Waals surface area contributed by atoms with Crippen LogP contribution in [0.25, 0.3) is 32.0 Å². The van der Waals surface area contributed by atoms with Gasteiger partial charge in [0.15, 0.2) is 0 Å². The molecule has 0 spiro atoms. The van der Waals surface area contributed by atoms with Crippen LogP contribution in [0.5, 0.6) is 0 Å². The molecule has 0 atom stereocenters. The summed E-state index contributed by atoms with van der Waals surface area (Å²) in [6.45, 7) is 0. The van der Waals surface area contributed by atoms with Crippen molar-refractivity contribution in [2.45, 2.75) is 0 Å². The van der Waals surface area contributed by atoms with E-state index < -0.39 is 0 Å². The minimum Gasteiger partial charge on any atom is -0.339 e. The van der Waals surface area contributed by atoms with Crippen molar-refractivity contribution in [1.29, 1.82) is 0 Å². The number of aromatic amines is 1. The number of H-pyrrole nitrogens is 1. The van der Waals surface area contributed by atoms with Crippen molar-refractivity contribution in [3.63, 3.8) is 0 Å². The SMILES string of the molecule is c1cnc2[nH]c3ccc4ccsc4c3c2c1. The molecular formula is C13H8N2S. The molecule has 0 aliphatic heterocycles. The van der Waals surface area contributed by atoms with Gasteiger partial charge in [-0.1, -0.05) is 6.07 Å². The molecule has 4 rings (SSSR count). The lowest BCUT2D eigenvalue weighted by Crippen LogP contribution is -1.71. The molecule has 0 amide bonds. The molecule has 4 aromatic rings. The van der Waals surface area contributed by atoms with E-state index in [-0.39, 0.29) is 0 Å². The molecule has 16 heavy (non-hydrogen) atoms. The van der Waals surface area contributed by atoms with E-state index in [1.54, 1.807) is 11.3 Å². The number of nitrogens with zero attached hydrogens (tertiary/aromatic N) is 1. The van der Waals surface area contributed by atoms with E-state index >= 15 is 0 Å². The molecule has 3 heteroatoms. The van der Waals surface area contributed by atoms with Crippen LogP contribution < -0.4 is 0 Å². The van der Waals surface area contributed by atoms with Crippen LogP contribution in [0.2, 0.25) is 0 Å². The van der Waals surface area contributed by atoms with E-state index in [0.29, 0.717) is 0 Å². The molecule has 0 saturated heterocycles. The Balaban J connectivity index is 2.42. The molecule has 3 heterocycles. The maximum absolute atomic E-state index is 4.36. The van der Waals surface area contributed by atoms with Gasteiger partial charge in [0.2, 0.25) is 0 Å². The minimum atomic E-state index is 0.971. The van der Waals surface area contributed by atoms with Crippen molar-refractivity contribution in [2.24, 2.45) is 0 Å². The monoisotopic (exact) mass is 224 g/mol. The summed E-state index contributed by atoms with van der Waals surface area (Å²) in [7, 11) is 0. The van der Waals surface area contributed by atoms with Crippen LogP contribution in [-0.4, -0.2) is 9.97 Å². The second-order valence-corrected chi connectivity index (χ2v) is 4.77. The van der Waals surface area contributed by atoms with Gasteiger partial charge < -0.3 is 4.98 Å². The Morgan fingerprint density at radius 2 is 2.12 bits per heavy atom. The number of hydrogen-bond acceptors (Lipinski definition) is 2. The standard InChI is InChI=1S/C13H8N2S/c1-2-9-11-10(15-13(9)14-6-1)4-3-8-5-7-16-12(8)11/h1-7H,(H,14,15). The summed E-state index contributed by atoms with van der Waals surface area (Å²) in [4.78, 5) is 7.71. The number of benzene rings is 1. The first-order valence-electron chi connectivity index (χ1n) is 5.16. The Hall–Kier alpha value is -1.87. The van der Waals surface area contributed by atoms with Crippen molar-refractivity contribution in [2.75, 3.05) is 0 Å². The van der Waals surface area contributed by atoms with Crippen LogP contribution in [-0.2, 0) is 0 Å². The smallest absolute Gasteiger partial charge is 0.138 e. The normalized spacial score (nSPS) is 11.8. The van der Waals surface area contributed by atoms with Crippen molar-refractivity contribution >= 4 is 43.4 Å². The molecule has 0 fully saturated rings. The van der Waals surface area contributed by atoms with Gasteiger partial charge in [0.05, 0.1) is 0 Å². The van der Waals surface area contributed by atoms with Crippen LogP contribution >= 0.6 is 11.3 Å². The lowest BCUT2D eigenvalue weighted by atomic mass is 10.1. The second-order valence-electron chi connectivity index (χ2n) is 3.85. The van der Waals surface area contributed by atoms with E-state index in [4.69, 9.17) is 0 Å². The summed E-state index contributed by atoms with van der Waals surface area (Å²) in [6, 6.07) is 10.6. The zero-order chi connectivity index (χ0) is 10.5. The lowest BCUT2D eigenvalue weighted by Gasteiger charge is -1.93. The van der Waals surface area contributed by atoms with Crippen LogP contribution in [0.4, 0.5) is 0 Å². The van der Waals surface area contributed by atoms with Gasteiger partial charge in [-0.05, 0) is 35.0 Å². The number of thiophene rings is 1. The van der Waals surface area contributed by atoms with Crippen molar-refractivity contribution in [3.8, 4) is 0 Å². The first-order valence-corrected chi connectivity index (χ1v) is 6.04. The topological polar surface area (TPSA) is 28.7 Å². The highest BCUT2D eigenvalue weighted by Crippen LogP contribution is 2.34. The summed E-state index contributed by atoms with van der Waals surface area (Å²) >= 11 is 1.79. The zero-order valence-electron chi connectivity index (χ0n) is 8.40. The van der Waals surface area contributed by atoms with Gasteiger partial charge in [0.1, 0.15) is 5.65 Å². The Kier molecular flexibility index (Phi) is 1.47. The van der Waals surface area contributed by atoms with Crippen LogP contribution in [0.3, 0.4) is 0 Å². The fourth-order valence-electron chi connectivity index (χ4n) is 2.24. The molecule has 1 N–H and O–H groups in total. The minimum absolute atomic E-state index is 0.971. The number of pyridine rings is 1. The molecule has 0 unspecified atom stereocenters. The highest BCUT2D eigenvalue weighted by Gasteiger charge is 2.08. The number of fused-ring (bicyclic) bond motifs is 5. The van der Waals surface area contributed by atoms with Gasteiger partial charge in [-0.25, -0.2) is 4.98 Å². The zero-order valence-corrected chi connectivity index (χ0v) is 9.21. The third-order valence-electron chi connectivity index (χ3n) is 2.95. The highest BCUT2D eigenvalue weighted by atomic mass is 32.1. The largest absolute Gasteiger partial charge is 0.339 e. The number of hydrogen-bond donors (Lipinski definition) is 1. The summed E-state index contributed by atoms with van der Waals surface area (Å²) in [6.07, 6.45) is 1.82. The quantitative estimate of drug-likeness (QED) is 0.481. The van der Waals surface area contributed by atoms with Crippen LogP contribution in [0.15, 0.2) is 41.9 Å². The predicted molar refractivity (Wildman–Crippen MR) is 69.0 cm³/mol. The average Bonchev–Trinajstić information content (AvgIpc) is 2.91. The Bertz CT molecular complexity index is 810. The third kappa shape index (κ3) is 0.933. The highest BCUT2D eigenvalue weighted by molar-refractivity contribution is 7.18.